The van der Waals surface area contributed by atoms with Gasteiger partial charge in [-0.25, -0.2) is 0 Å². The summed E-state index contributed by atoms with van der Waals surface area (Å²) < 4.78 is 5.28. The van der Waals surface area contributed by atoms with Crippen LogP contribution in [0.5, 0.6) is 5.75 Å². The van der Waals surface area contributed by atoms with Crippen LogP contribution >= 0.6 is 23.1 Å². The minimum Gasteiger partial charge on any atom is -0.497 e. The maximum absolute atomic E-state index is 14.1. The number of rotatable bonds is 5. The third-order valence-electron chi connectivity index (χ3n) is 6.54. The van der Waals surface area contributed by atoms with Crippen LogP contribution in [-0.4, -0.2) is 34.2 Å². The fourth-order valence-electron chi connectivity index (χ4n) is 5.01. The standard InChI is InChI=1S/C25H23NO5S2/c1-31-15-11-9-14(10-12-15)18-19(22(24(28)29)32-23-21(18)33-25(30)26-23)20(27)17-8-4-6-13-5-2-3-7-16(13)17/h4,6,8-12,18-19,22H,2-3,5,7H2,1H3,(H,26,30)(H,28,29)/t18-,19+,22+/m0/s1. The van der Waals surface area contributed by atoms with Crippen molar-refractivity contribution in [2.75, 3.05) is 7.11 Å². The number of aromatic nitrogens is 1. The molecule has 33 heavy (non-hydrogen) atoms. The average molecular weight is 482 g/mol. The maximum atomic E-state index is 14.1. The highest BCUT2D eigenvalue weighted by Gasteiger charge is 2.48. The number of carbonyl (C=O) groups is 2. The summed E-state index contributed by atoms with van der Waals surface area (Å²) in [4.78, 5) is 42.0. The summed E-state index contributed by atoms with van der Waals surface area (Å²) in [5.74, 6) is -1.93. The Morgan fingerprint density at radius 2 is 1.85 bits per heavy atom. The molecule has 2 aromatic carbocycles. The summed E-state index contributed by atoms with van der Waals surface area (Å²) in [6.07, 6.45) is 3.87. The van der Waals surface area contributed by atoms with Gasteiger partial charge in [0.25, 0.3) is 0 Å². The Kier molecular flexibility index (Phi) is 5.88. The van der Waals surface area contributed by atoms with Gasteiger partial charge in [-0.3, -0.25) is 14.4 Å². The van der Waals surface area contributed by atoms with Crippen molar-refractivity contribution in [1.82, 2.24) is 4.98 Å². The lowest BCUT2D eigenvalue weighted by Gasteiger charge is -2.35. The van der Waals surface area contributed by atoms with Crippen molar-refractivity contribution in [3.05, 3.63) is 79.3 Å². The van der Waals surface area contributed by atoms with Gasteiger partial charge in [-0.1, -0.05) is 53.4 Å². The van der Waals surface area contributed by atoms with Crippen LogP contribution in [0.4, 0.5) is 0 Å². The van der Waals surface area contributed by atoms with E-state index in [-0.39, 0.29) is 10.7 Å². The molecule has 3 aromatic rings. The molecule has 6 nitrogen and oxygen atoms in total. The number of hydrogen-bond donors (Lipinski definition) is 2. The van der Waals surface area contributed by atoms with Crippen molar-refractivity contribution in [2.24, 2.45) is 5.92 Å². The van der Waals surface area contributed by atoms with Crippen molar-refractivity contribution < 1.29 is 19.4 Å². The zero-order valence-electron chi connectivity index (χ0n) is 18.0. The van der Waals surface area contributed by atoms with E-state index < -0.39 is 23.1 Å². The summed E-state index contributed by atoms with van der Waals surface area (Å²) in [5.41, 5.74) is 3.63. The number of ketones is 1. The number of carbonyl (C=O) groups excluding carboxylic acids is 1. The number of benzene rings is 2. The van der Waals surface area contributed by atoms with Gasteiger partial charge < -0.3 is 14.8 Å². The van der Waals surface area contributed by atoms with Gasteiger partial charge in [-0.2, -0.15) is 0 Å². The molecule has 0 spiro atoms. The summed E-state index contributed by atoms with van der Waals surface area (Å²) in [6, 6.07) is 13.1. The predicted octanol–water partition coefficient (Wildman–Crippen LogP) is 4.51. The minimum absolute atomic E-state index is 0.166. The van der Waals surface area contributed by atoms with Crippen molar-refractivity contribution >= 4 is 34.9 Å². The molecule has 0 fully saturated rings. The Hall–Kier alpha value is -2.84. The first-order valence-electron chi connectivity index (χ1n) is 10.9. The van der Waals surface area contributed by atoms with E-state index in [0.29, 0.717) is 16.3 Å². The van der Waals surface area contributed by atoms with E-state index in [9.17, 15) is 19.5 Å². The molecule has 0 radical (unpaired) electrons. The zero-order chi connectivity index (χ0) is 23.1. The number of Topliss-reactive ketones (excluding diaryl/α,β-unsaturated/α-hetero) is 1. The first-order chi connectivity index (χ1) is 16.0. The Morgan fingerprint density at radius 1 is 1.09 bits per heavy atom. The van der Waals surface area contributed by atoms with Crippen molar-refractivity contribution in [1.29, 1.82) is 0 Å². The third-order valence-corrected chi connectivity index (χ3v) is 8.94. The van der Waals surface area contributed by atoms with Crippen LogP contribution < -0.4 is 9.61 Å². The van der Waals surface area contributed by atoms with Crippen LogP contribution in [0.3, 0.4) is 0 Å². The molecule has 5 rings (SSSR count). The van der Waals surface area contributed by atoms with Crippen LogP contribution in [0.1, 0.15) is 50.7 Å². The molecular formula is C25H23NO5S2. The Bertz CT molecular complexity index is 1280. The van der Waals surface area contributed by atoms with Crippen LogP contribution in [0.15, 0.2) is 52.3 Å². The van der Waals surface area contributed by atoms with Crippen LogP contribution in [-0.2, 0) is 17.6 Å². The molecule has 0 amide bonds. The number of H-pyrrole nitrogens is 1. The quantitative estimate of drug-likeness (QED) is 0.521. The highest BCUT2D eigenvalue weighted by atomic mass is 32.2. The lowest BCUT2D eigenvalue weighted by Crippen LogP contribution is -2.40. The lowest BCUT2D eigenvalue weighted by molar-refractivity contribution is -0.137. The molecule has 2 heterocycles. The second-order valence-electron chi connectivity index (χ2n) is 8.38. The number of carboxylic acids is 1. The number of nitrogens with one attached hydrogen (secondary N) is 1. The zero-order valence-corrected chi connectivity index (χ0v) is 19.6. The molecule has 0 bridgehead atoms. The highest BCUT2D eigenvalue weighted by Crippen LogP contribution is 2.50. The number of fused-ring (bicyclic) bond motifs is 2. The topological polar surface area (TPSA) is 96.5 Å². The highest BCUT2D eigenvalue weighted by molar-refractivity contribution is 8.00. The summed E-state index contributed by atoms with van der Waals surface area (Å²) >= 11 is 2.12. The van der Waals surface area contributed by atoms with Gasteiger partial charge in [0.1, 0.15) is 11.0 Å². The summed E-state index contributed by atoms with van der Waals surface area (Å²) in [7, 11) is 1.58. The molecule has 2 N–H and O–H groups in total. The van der Waals surface area contributed by atoms with Gasteiger partial charge in [0.05, 0.1) is 18.1 Å². The molecule has 1 aliphatic carbocycles. The van der Waals surface area contributed by atoms with Crippen molar-refractivity contribution in [3.63, 3.8) is 0 Å². The minimum atomic E-state index is -1.06. The number of aromatic amines is 1. The molecule has 8 heteroatoms. The first kappa shape index (κ1) is 22.0. The van der Waals surface area contributed by atoms with E-state index in [1.54, 1.807) is 19.2 Å². The van der Waals surface area contributed by atoms with Gasteiger partial charge in [-0.15, -0.1) is 0 Å². The molecule has 170 valence electrons. The normalized spacial score (nSPS) is 21.7. The largest absolute Gasteiger partial charge is 0.497 e. The van der Waals surface area contributed by atoms with E-state index in [1.165, 1.54) is 5.56 Å². The molecule has 3 atom stereocenters. The van der Waals surface area contributed by atoms with Gasteiger partial charge in [0.2, 0.25) is 0 Å². The van der Waals surface area contributed by atoms with Crippen molar-refractivity contribution in [3.8, 4) is 5.75 Å². The van der Waals surface area contributed by atoms with Gasteiger partial charge in [0.15, 0.2) is 5.78 Å². The van der Waals surface area contributed by atoms with Crippen LogP contribution in [0, 0.1) is 5.92 Å². The number of methoxy groups -OCH3 is 1. The fraction of sp³-hybridized carbons (Fsp3) is 0.320. The SMILES string of the molecule is COc1ccc([C@@H]2c3sc(=O)[nH]c3S[C@@H](C(=O)O)[C@H]2C(=O)c2cccc3c2CCCC3)cc1. The van der Waals surface area contributed by atoms with Gasteiger partial charge in [0, 0.05) is 16.4 Å². The number of aliphatic carboxylic acids is 1. The summed E-state index contributed by atoms with van der Waals surface area (Å²) in [6.45, 7) is 0. The molecule has 1 aliphatic heterocycles. The third kappa shape index (κ3) is 3.91. The molecule has 0 saturated heterocycles. The number of ether oxygens (including phenoxy) is 1. The van der Waals surface area contributed by atoms with Gasteiger partial charge in [-0.05, 0) is 54.5 Å². The number of carboxylic acid groups (broad SMARTS) is 1. The first-order valence-corrected chi connectivity index (χ1v) is 12.6. The van der Waals surface area contributed by atoms with E-state index in [1.807, 2.05) is 24.3 Å². The molecule has 1 aromatic heterocycles. The van der Waals surface area contributed by atoms with E-state index in [4.69, 9.17) is 4.74 Å². The Balaban J connectivity index is 1.68. The molecular weight excluding hydrogens is 458 g/mol. The Labute approximate surface area is 199 Å². The molecule has 2 aliphatic rings. The van der Waals surface area contributed by atoms with Gasteiger partial charge >= 0.3 is 10.8 Å². The Morgan fingerprint density at radius 3 is 2.58 bits per heavy atom. The predicted molar refractivity (Wildman–Crippen MR) is 128 cm³/mol. The van der Waals surface area contributed by atoms with Crippen molar-refractivity contribution in [2.45, 2.75) is 41.9 Å². The molecule has 0 saturated carbocycles. The molecule has 0 unspecified atom stereocenters. The van der Waals surface area contributed by atoms with Crippen LogP contribution in [0.25, 0.3) is 0 Å². The summed E-state index contributed by atoms with van der Waals surface area (Å²) in [5, 5.41) is 9.67. The lowest BCUT2D eigenvalue weighted by atomic mass is 9.75. The second-order valence-corrected chi connectivity index (χ2v) is 10.5. The monoisotopic (exact) mass is 481 g/mol. The number of aryl methyl sites for hydroxylation is 1. The maximum Gasteiger partial charge on any atom is 0.317 e. The number of thioether (sulfide) groups is 1. The second kappa shape index (κ2) is 8.83. The van der Waals surface area contributed by atoms with Crippen LogP contribution in [0.2, 0.25) is 0 Å². The average Bonchev–Trinajstić information content (AvgIpc) is 3.22. The number of hydrogen-bond acceptors (Lipinski definition) is 6. The van der Waals surface area contributed by atoms with E-state index >= 15 is 0 Å². The smallest absolute Gasteiger partial charge is 0.317 e. The number of thiazole rings is 1. The van der Waals surface area contributed by atoms with E-state index in [0.717, 1.165) is 64.8 Å². The van der Waals surface area contributed by atoms with E-state index in [2.05, 4.69) is 11.1 Å². The fourth-order valence-corrected chi connectivity index (χ4v) is 7.43.